The normalized spacial score (nSPS) is 37.8. The molecule has 0 spiro atoms. The lowest BCUT2D eigenvalue weighted by Crippen LogP contribution is -2.65. The topological polar surface area (TPSA) is 79.3 Å². The summed E-state index contributed by atoms with van der Waals surface area (Å²) >= 11 is 0. The number of carbonyl (C=O) groups excluding carboxylic acids is 1. The molecular weight excluding hydrogens is 316 g/mol. The predicted molar refractivity (Wildman–Crippen MR) is 95.2 cm³/mol. The van der Waals surface area contributed by atoms with Gasteiger partial charge in [0.05, 0.1) is 5.56 Å². The molecule has 5 heteroatoms. The fourth-order valence-corrected chi connectivity index (χ4v) is 6.40. The van der Waals surface area contributed by atoms with Gasteiger partial charge in [0.15, 0.2) is 0 Å². The zero-order valence-corrected chi connectivity index (χ0v) is 15.3. The molecule has 0 radical (unpaired) electrons. The highest BCUT2D eigenvalue weighted by Crippen LogP contribution is 2.66. The first-order chi connectivity index (χ1) is 11.6. The molecule has 4 saturated carbocycles. The quantitative estimate of drug-likeness (QED) is 0.858. The van der Waals surface area contributed by atoms with Gasteiger partial charge >= 0.3 is 0 Å². The summed E-state index contributed by atoms with van der Waals surface area (Å²) in [6.07, 6.45) is 10.9. The number of pyridine rings is 1. The molecule has 4 bridgehead atoms. The summed E-state index contributed by atoms with van der Waals surface area (Å²) in [4.78, 5) is 25.7. The molecule has 2 atom stereocenters. The molecule has 1 heterocycles. The summed E-state index contributed by atoms with van der Waals surface area (Å²) < 4.78 is 0. The highest BCUT2D eigenvalue weighted by Gasteiger charge is 2.60. The molecule has 2 N–H and O–H groups in total. The van der Waals surface area contributed by atoms with Gasteiger partial charge in [-0.3, -0.25) is 14.6 Å². The molecule has 1 amide bonds. The lowest BCUT2D eigenvalue weighted by molar-refractivity contribution is -0.134. The number of hydrogen-bond donors (Lipinski definition) is 2. The summed E-state index contributed by atoms with van der Waals surface area (Å²) in [5.74, 6) is 0.0164. The van der Waals surface area contributed by atoms with Crippen LogP contribution in [0.5, 0.6) is 0 Å². The summed E-state index contributed by atoms with van der Waals surface area (Å²) in [6, 6.07) is 3.68. The fourth-order valence-electron chi connectivity index (χ4n) is 6.40. The van der Waals surface area contributed by atoms with E-state index in [2.05, 4.69) is 24.1 Å². The Kier molecular flexibility index (Phi) is 4.38. The van der Waals surface area contributed by atoms with Crippen molar-refractivity contribution in [1.82, 2.24) is 10.3 Å². The monoisotopic (exact) mass is 344 g/mol. The standard InChI is InChI=1S/C18H24N2O.C2H4O2/c1-16-6-13-7-17(2,10-16)12-18(8-13,11-16)20-15(21)14-4-3-5-19-9-14;1-2(3)4/h3-5,9,13H,6-8,10-12H2,1-2H3,(H,20,21);1H3,(H,3,4). The molecule has 5 nitrogen and oxygen atoms in total. The second-order valence-corrected chi connectivity index (χ2v) is 9.13. The second kappa shape index (κ2) is 6.11. The number of rotatable bonds is 2. The van der Waals surface area contributed by atoms with Gasteiger partial charge in [0.1, 0.15) is 0 Å². The molecular formula is C20H28N2O3. The van der Waals surface area contributed by atoms with Gasteiger partial charge < -0.3 is 10.4 Å². The minimum atomic E-state index is -0.833. The number of nitrogens with one attached hydrogen (secondary N) is 1. The van der Waals surface area contributed by atoms with Crippen LogP contribution in [0.15, 0.2) is 24.5 Å². The third-order valence-electron chi connectivity index (χ3n) is 5.93. The lowest BCUT2D eigenvalue weighted by Gasteiger charge is -2.65. The Hall–Kier alpha value is -1.91. The van der Waals surface area contributed by atoms with Crippen molar-refractivity contribution in [3.63, 3.8) is 0 Å². The van der Waals surface area contributed by atoms with E-state index in [1.807, 2.05) is 12.1 Å². The first kappa shape index (κ1) is 17.9. The zero-order chi connectivity index (χ0) is 18.3. The average Bonchev–Trinajstić information content (AvgIpc) is 2.43. The van der Waals surface area contributed by atoms with Crippen molar-refractivity contribution in [2.45, 2.75) is 64.8 Å². The van der Waals surface area contributed by atoms with E-state index in [0.717, 1.165) is 25.7 Å². The first-order valence-electron chi connectivity index (χ1n) is 9.05. The van der Waals surface area contributed by atoms with E-state index in [-0.39, 0.29) is 11.4 Å². The molecule has 1 aromatic heterocycles. The Balaban J connectivity index is 0.000000415. The fraction of sp³-hybridized carbons (Fsp3) is 0.650. The van der Waals surface area contributed by atoms with Crippen LogP contribution in [0.25, 0.3) is 0 Å². The summed E-state index contributed by atoms with van der Waals surface area (Å²) in [5.41, 5.74) is 1.56. The molecule has 4 fully saturated rings. The molecule has 4 aliphatic carbocycles. The van der Waals surface area contributed by atoms with Crippen LogP contribution in [0.4, 0.5) is 0 Å². The number of hydrogen-bond acceptors (Lipinski definition) is 3. The van der Waals surface area contributed by atoms with Crippen LogP contribution in [0.3, 0.4) is 0 Å². The Morgan fingerprint density at radius 3 is 2.24 bits per heavy atom. The lowest BCUT2D eigenvalue weighted by atomic mass is 9.43. The summed E-state index contributed by atoms with van der Waals surface area (Å²) in [5, 5.41) is 10.8. The van der Waals surface area contributed by atoms with Gasteiger partial charge in [0, 0.05) is 24.9 Å². The van der Waals surface area contributed by atoms with Gasteiger partial charge in [-0.1, -0.05) is 13.8 Å². The van der Waals surface area contributed by atoms with Crippen molar-refractivity contribution in [2.24, 2.45) is 16.7 Å². The van der Waals surface area contributed by atoms with Crippen LogP contribution in [0, 0.1) is 16.7 Å². The maximum atomic E-state index is 12.6. The van der Waals surface area contributed by atoms with Crippen LogP contribution in [0.2, 0.25) is 0 Å². The molecule has 2 unspecified atom stereocenters. The highest BCUT2D eigenvalue weighted by molar-refractivity contribution is 5.94. The Bertz CT molecular complexity index is 651. The van der Waals surface area contributed by atoms with Crippen LogP contribution < -0.4 is 5.32 Å². The third kappa shape index (κ3) is 3.86. The van der Waals surface area contributed by atoms with Gasteiger partial charge in [-0.05, 0) is 67.4 Å². The van der Waals surface area contributed by atoms with Crippen molar-refractivity contribution >= 4 is 11.9 Å². The molecule has 0 saturated heterocycles. The van der Waals surface area contributed by atoms with Crippen molar-refractivity contribution in [2.75, 3.05) is 0 Å². The van der Waals surface area contributed by atoms with Crippen molar-refractivity contribution in [3.05, 3.63) is 30.1 Å². The van der Waals surface area contributed by atoms with E-state index < -0.39 is 5.97 Å². The smallest absolute Gasteiger partial charge is 0.300 e. The Labute approximate surface area is 149 Å². The largest absolute Gasteiger partial charge is 0.481 e. The van der Waals surface area contributed by atoms with E-state index in [0.29, 0.717) is 16.4 Å². The third-order valence-corrected chi connectivity index (χ3v) is 5.93. The minimum absolute atomic E-state index is 0.0237. The van der Waals surface area contributed by atoms with Crippen molar-refractivity contribution < 1.29 is 14.7 Å². The number of carbonyl (C=O) groups is 2. The number of carboxylic acids is 1. The maximum absolute atomic E-state index is 12.6. The summed E-state index contributed by atoms with van der Waals surface area (Å²) in [7, 11) is 0. The van der Waals surface area contributed by atoms with E-state index in [1.165, 1.54) is 25.7 Å². The first-order valence-corrected chi connectivity index (χ1v) is 9.05. The SMILES string of the molecule is CC(=O)O.CC12CC3CC(C)(C1)CC(NC(=O)c1cccnc1)(C3)C2. The van der Waals surface area contributed by atoms with Crippen LogP contribution >= 0.6 is 0 Å². The van der Waals surface area contributed by atoms with Crippen LogP contribution in [0.1, 0.15) is 69.7 Å². The number of nitrogens with zero attached hydrogens (tertiary/aromatic N) is 1. The average molecular weight is 344 g/mol. The highest BCUT2D eigenvalue weighted by atomic mass is 16.4. The molecule has 0 aliphatic heterocycles. The molecule has 136 valence electrons. The van der Waals surface area contributed by atoms with Gasteiger partial charge in [-0.25, -0.2) is 0 Å². The number of amides is 1. The van der Waals surface area contributed by atoms with Crippen LogP contribution in [-0.4, -0.2) is 27.5 Å². The Morgan fingerprint density at radius 1 is 1.16 bits per heavy atom. The van der Waals surface area contributed by atoms with Gasteiger partial charge in [-0.15, -0.1) is 0 Å². The number of aliphatic carboxylic acids is 1. The minimum Gasteiger partial charge on any atom is -0.481 e. The van der Waals surface area contributed by atoms with E-state index in [4.69, 9.17) is 9.90 Å². The van der Waals surface area contributed by atoms with Gasteiger partial charge in [-0.2, -0.15) is 0 Å². The molecule has 0 aromatic carbocycles. The van der Waals surface area contributed by atoms with E-state index in [1.54, 1.807) is 12.4 Å². The number of carboxylic acid groups (broad SMARTS) is 1. The second-order valence-electron chi connectivity index (χ2n) is 9.13. The van der Waals surface area contributed by atoms with E-state index >= 15 is 0 Å². The van der Waals surface area contributed by atoms with Crippen molar-refractivity contribution in [3.8, 4) is 0 Å². The van der Waals surface area contributed by atoms with E-state index in [9.17, 15) is 4.79 Å². The Morgan fingerprint density at radius 2 is 1.76 bits per heavy atom. The van der Waals surface area contributed by atoms with Crippen molar-refractivity contribution in [1.29, 1.82) is 0 Å². The van der Waals surface area contributed by atoms with Gasteiger partial charge in [0.2, 0.25) is 0 Å². The molecule has 1 aromatic rings. The van der Waals surface area contributed by atoms with Gasteiger partial charge in [0.25, 0.3) is 11.9 Å². The van der Waals surface area contributed by atoms with Crippen LogP contribution in [-0.2, 0) is 4.79 Å². The number of aromatic nitrogens is 1. The zero-order valence-electron chi connectivity index (χ0n) is 15.3. The molecule has 5 rings (SSSR count). The molecule has 4 aliphatic rings. The maximum Gasteiger partial charge on any atom is 0.300 e. The molecule has 25 heavy (non-hydrogen) atoms. The predicted octanol–water partition coefficient (Wildman–Crippen LogP) is 3.65. The summed E-state index contributed by atoms with van der Waals surface area (Å²) in [6.45, 7) is 5.95.